The van der Waals surface area contributed by atoms with Gasteiger partial charge in [0, 0.05) is 5.33 Å². The minimum Gasteiger partial charge on any atom is -0.465 e. The quantitative estimate of drug-likeness (QED) is 0.607. The molecule has 0 unspecified atom stereocenters. The fourth-order valence-corrected chi connectivity index (χ4v) is 2.38. The van der Waals surface area contributed by atoms with Crippen molar-refractivity contribution in [2.45, 2.75) is 18.2 Å². The van der Waals surface area contributed by atoms with Crippen molar-refractivity contribution < 1.29 is 9.53 Å². The number of methoxy groups -OCH3 is 1. The van der Waals surface area contributed by atoms with Crippen LogP contribution >= 0.6 is 15.9 Å². The largest absolute Gasteiger partial charge is 0.465 e. The molecule has 0 saturated heterocycles. The van der Waals surface area contributed by atoms with Gasteiger partial charge in [-0.1, -0.05) is 52.3 Å². The molecule has 0 aliphatic rings. The highest BCUT2D eigenvalue weighted by Gasteiger charge is 2.04. The number of benzene rings is 2. The van der Waals surface area contributed by atoms with Crippen LogP contribution in [0.1, 0.15) is 27.0 Å². The number of alkyl halides is 1. The van der Waals surface area contributed by atoms with E-state index in [1.807, 2.05) is 24.3 Å². The molecule has 0 heterocycles. The average molecular weight is 333 g/mol. The number of esters is 1. The van der Waals surface area contributed by atoms with Gasteiger partial charge in [-0.05, 0) is 41.7 Å². The Morgan fingerprint density at radius 1 is 0.900 bits per heavy atom. The fraction of sp³-hybridized carbons (Fsp3) is 0.235. The molecule has 0 aliphatic heterocycles. The summed E-state index contributed by atoms with van der Waals surface area (Å²) < 4.78 is 4.68. The van der Waals surface area contributed by atoms with Gasteiger partial charge in [0.15, 0.2) is 0 Å². The minimum atomic E-state index is -0.290. The summed E-state index contributed by atoms with van der Waals surface area (Å²) in [6, 6.07) is 16.2. The van der Waals surface area contributed by atoms with Gasteiger partial charge in [0.1, 0.15) is 0 Å². The molecule has 2 rings (SSSR count). The first-order valence-electron chi connectivity index (χ1n) is 6.54. The number of hydrogen-bond acceptors (Lipinski definition) is 2. The van der Waals surface area contributed by atoms with E-state index in [-0.39, 0.29) is 5.97 Å². The van der Waals surface area contributed by atoms with Gasteiger partial charge >= 0.3 is 5.97 Å². The van der Waals surface area contributed by atoms with Crippen LogP contribution in [0.25, 0.3) is 0 Å². The third-order valence-electron chi connectivity index (χ3n) is 3.25. The molecule has 0 aromatic heterocycles. The SMILES string of the molecule is COC(=O)c1ccc(CCc2ccc(CBr)cc2)cc1. The van der Waals surface area contributed by atoms with Crippen molar-refractivity contribution in [3.05, 3.63) is 70.8 Å². The highest BCUT2D eigenvalue weighted by Crippen LogP contribution is 2.12. The maximum absolute atomic E-state index is 11.3. The van der Waals surface area contributed by atoms with E-state index in [2.05, 4.69) is 44.9 Å². The number of ether oxygens (including phenoxy) is 1. The second-order valence-electron chi connectivity index (χ2n) is 4.64. The molecule has 0 amide bonds. The van der Waals surface area contributed by atoms with Gasteiger partial charge in [0.2, 0.25) is 0 Å². The van der Waals surface area contributed by atoms with Crippen LogP contribution in [0, 0.1) is 0 Å². The third kappa shape index (κ3) is 3.94. The van der Waals surface area contributed by atoms with Crippen LogP contribution in [0.4, 0.5) is 0 Å². The summed E-state index contributed by atoms with van der Waals surface area (Å²) in [5.74, 6) is -0.290. The van der Waals surface area contributed by atoms with E-state index in [0.717, 1.165) is 18.2 Å². The maximum atomic E-state index is 11.3. The van der Waals surface area contributed by atoms with Crippen LogP contribution in [0.2, 0.25) is 0 Å². The lowest BCUT2D eigenvalue weighted by Crippen LogP contribution is -2.01. The van der Waals surface area contributed by atoms with Gasteiger partial charge in [-0.25, -0.2) is 4.79 Å². The van der Waals surface area contributed by atoms with Gasteiger partial charge in [-0.2, -0.15) is 0 Å². The Balaban J connectivity index is 1.94. The van der Waals surface area contributed by atoms with E-state index < -0.39 is 0 Å². The van der Waals surface area contributed by atoms with Crippen LogP contribution in [-0.2, 0) is 22.9 Å². The highest BCUT2D eigenvalue weighted by molar-refractivity contribution is 9.08. The molecule has 0 radical (unpaired) electrons. The van der Waals surface area contributed by atoms with E-state index >= 15 is 0 Å². The van der Waals surface area contributed by atoms with Crippen LogP contribution in [0.5, 0.6) is 0 Å². The van der Waals surface area contributed by atoms with Crippen molar-refractivity contribution >= 4 is 21.9 Å². The van der Waals surface area contributed by atoms with E-state index in [1.165, 1.54) is 23.8 Å². The smallest absolute Gasteiger partial charge is 0.337 e. The zero-order chi connectivity index (χ0) is 14.4. The van der Waals surface area contributed by atoms with Gasteiger partial charge in [-0.3, -0.25) is 0 Å². The summed E-state index contributed by atoms with van der Waals surface area (Å²) in [7, 11) is 1.40. The summed E-state index contributed by atoms with van der Waals surface area (Å²) in [6.45, 7) is 0. The number of aryl methyl sites for hydroxylation is 2. The molecule has 0 atom stereocenters. The Morgan fingerprint density at radius 3 is 1.80 bits per heavy atom. The summed E-state index contributed by atoms with van der Waals surface area (Å²) in [5, 5.41) is 0.891. The van der Waals surface area contributed by atoms with E-state index in [9.17, 15) is 4.79 Å². The van der Waals surface area contributed by atoms with Gasteiger partial charge in [-0.15, -0.1) is 0 Å². The van der Waals surface area contributed by atoms with Gasteiger partial charge in [0.25, 0.3) is 0 Å². The van der Waals surface area contributed by atoms with E-state index in [0.29, 0.717) is 5.56 Å². The zero-order valence-electron chi connectivity index (χ0n) is 11.4. The monoisotopic (exact) mass is 332 g/mol. The first-order chi connectivity index (χ1) is 9.72. The first-order valence-corrected chi connectivity index (χ1v) is 7.66. The van der Waals surface area contributed by atoms with Crippen LogP contribution in [-0.4, -0.2) is 13.1 Å². The predicted molar refractivity (Wildman–Crippen MR) is 84.3 cm³/mol. The molecule has 2 aromatic carbocycles. The Kier molecular flexibility index (Phi) is 5.36. The lowest BCUT2D eigenvalue weighted by molar-refractivity contribution is 0.0600. The Labute approximate surface area is 127 Å². The standard InChI is InChI=1S/C17H17BrO2/c1-20-17(19)16-10-8-14(9-11-16)3-2-13-4-6-15(12-18)7-5-13/h4-11H,2-3,12H2,1H3. The number of carbonyl (C=O) groups is 1. The molecule has 20 heavy (non-hydrogen) atoms. The molecule has 0 spiro atoms. The molecule has 3 heteroatoms. The van der Waals surface area contributed by atoms with E-state index in [1.54, 1.807) is 0 Å². The number of hydrogen-bond donors (Lipinski definition) is 0. The molecule has 104 valence electrons. The summed E-state index contributed by atoms with van der Waals surface area (Å²) in [4.78, 5) is 11.3. The molecule has 0 fully saturated rings. The number of rotatable bonds is 5. The van der Waals surface area contributed by atoms with Crippen molar-refractivity contribution in [2.75, 3.05) is 7.11 Å². The topological polar surface area (TPSA) is 26.3 Å². The zero-order valence-corrected chi connectivity index (χ0v) is 13.0. The molecule has 0 aliphatic carbocycles. The molecular weight excluding hydrogens is 316 g/mol. The van der Waals surface area contributed by atoms with Crippen molar-refractivity contribution in [2.24, 2.45) is 0 Å². The lowest BCUT2D eigenvalue weighted by atomic mass is 10.0. The van der Waals surface area contributed by atoms with Crippen molar-refractivity contribution in [1.82, 2.24) is 0 Å². The van der Waals surface area contributed by atoms with Crippen molar-refractivity contribution in [1.29, 1.82) is 0 Å². The normalized spacial score (nSPS) is 10.3. The van der Waals surface area contributed by atoms with Crippen molar-refractivity contribution in [3.8, 4) is 0 Å². The molecule has 2 aromatic rings. The third-order valence-corrected chi connectivity index (χ3v) is 3.90. The Morgan fingerprint density at radius 2 is 1.35 bits per heavy atom. The summed E-state index contributed by atoms with van der Waals surface area (Å²) in [6.07, 6.45) is 1.97. The van der Waals surface area contributed by atoms with E-state index in [4.69, 9.17) is 0 Å². The number of carbonyl (C=O) groups excluding carboxylic acids is 1. The predicted octanol–water partition coefficient (Wildman–Crippen LogP) is 4.15. The molecule has 0 saturated carbocycles. The molecule has 2 nitrogen and oxygen atoms in total. The second-order valence-corrected chi connectivity index (χ2v) is 5.20. The fourth-order valence-electron chi connectivity index (χ4n) is 2.01. The second kappa shape index (κ2) is 7.25. The molecule has 0 N–H and O–H groups in total. The highest BCUT2D eigenvalue weighted by atomic mass is 79.9. The Hall–Kier alpha value is -1.61. The van der Waals surface area contributed by atoms with Gasteiger partial charge < -0.3 is 4.74 Å². The summed E-state index contributed by atoms with van der Waals surface area (Å²) >= 11 is 3.44. The number of halogens is 1. The Bertz CT molecular complexity index is 559. The summed E-state index contributed by atoms with van der Waals surface area (Å²) in [5.41, 5.74) is 4.43. The van der Waals surface area contributed by atoms with Crippen LogP contribution in [0.15, 0.2) is 48.5 Å². The van der Waals surface area contributed by atoms with Crippen LogP contribution < -0.4 is 0 Å². The maximum Gasteiger partial charge on any atom is 0.337 e. The lowest BCUT2D eigenvalue weighted by Gasteiger charge is -2.04. The minimum absolute atomic E-state index is 0.290. The molecule has 0 bridgehead atoms. The van der Waals surface area contributed by atoms with Crippen LogP contribution in [0.3, 0.4) is 0 Å². The average Bonchev–Trinajstić information content (AvgIpc) is 2.53. The van der Waals surface area contributed by atoms with Gasteiger partial charge in [0.05, 0.1) is 12.7 Å². The molecular formula is C17H17BrO2. The first kappa shape index (κ1) is 14.8. The van der Waals surface area contributed by atoms with Crippen molar-refractivity contribution in [3.63, 3.8) is 0 Å².